The number of allylic oxidation sites excluding steroid dienone is 1. The van der Waals surface area contributed by atoms with E-state index in [9.17, 15) is 4.79 Å². The van der Waals surface area contributed by atoms with Crippen molar-refractivity contribution in [3.63, 3.8) is 0 Å². The monoisotopic (exact) mass is 297 g/mol. The molecule has 0 aliphatic carbocycles. The van der Waals surface area contributed by atoms with E-state index in [0.29, 0.717) is 12.2 Å². The predicted molar refractivity (Wildman–Crippen MR) is 87.7 cm³/mol. The first-order valence-electron chi connectivity index (χ1n) is 7.07. The molecule has 0 spiro atoms. The molecule has 114 valence electrons. The minimum absolute atomic E-state index is 0.0657. The van der Waals surface area contributed by atoms with Crippen LogP contribution in [-0.4, -0.2) is 19.5 Å². The van der Waals surface area contributed by atoms with Gasteiger partial charge in [-0.3, -0.25) is 4.79 Å². The van der Waals surface area contributed by atoms with Crippen LogP contribution in [0.4, 0.5) is 5.69 Å². The van der Waals surface area contributed by atoms with Gasteiger partial charge in [-0.2, -0.15) is 0 Å². The minimum atomic E-state index is -0.0657. The zero-order valence-electron chi connectivity index (χ0n) is 12.7. The molecule has 0 radical (unpaired) electrons. The molecule has 0 amide bonds. The second kappa shape index (κ2) is 7.88. The van der Waals surface area contributed by atoms with Gasteiger partial charge in [0.25, 0.3) is 0 Å². The van der Waals surface area contributed by atoms with Crippen LogP contribution in [0.15, 0.2) is 60.8 Å². The highest BCUT2D eigenvalue weighted by atomic mass is 16.5. The molecule has 2 aromatic carbocycles. The van der Waals surface area contributed by atoms with Crippen molar-refractivity contribution in [1.29, 1.82) is 0 Å². The van der Waals surface area contributed by atoms with Gasteiger partial charge >= 0.3 is 0 Å². The fourth-order valence-electron chi connectivity index (χ4n) is 1.88. The predicted octanol–water partition coefficient (Wildman–Crippen LogP) is 3.90. The Morgan fingerprint density at radius 3 is 2.27 bits per heavy atom. The normalized spacial score (nSPS) is 10.5. The number of hydrogen-bond donors (Lipinski definition) is 1. The SMILES string of the molecule is CCOc1ccc(C(=O)C=CNc2ccc(OC)cc2)cc1. The van der Waals surface area contributed by atoms with Gasteiger partial charge in [0.05, 0.1) is 13.7 Å². The van der Waals surface area contributed by atoms with Crippen LogP contribution in [0, 0.1) is 0 Å². The Morgan fingerprint density at radius 1 is 1.05 bits per heavy atom. The number of benzene rings is 2. The molecule has 0 saturated carbocycles. The maximum Gasteiger partial charge on any atom is 0.187 e. The molecule has 0 aliphatic rings. The smallest absolute Gasteiger partial charge is 0.187 e. The zero-order valence-corrected chi connectivity index (χ0v) is 12.7. The van der Waals surface area contributed by atoms with E-state index in [4.69, 9.17) is 9.47 Å². The number of anilines is 1. The van der Waals surface area contributed by atoms with Gasteiger partial charge in [0.1, 0.15) is 11.5 Å². The first-order chi connectivity index (χ1) is 10.7. The molecule has 0 fully saturated rings. The summed E-state index contributed by atoms with van der Waals surface area (Å²) in [7, 11) is 1.62. The molecule has 22 heavy (non-hydrogen) atoms. The van der Waals surface area contributed by atoms with Crippen molar-refractivity contribution in [3.05, 3.63) is 66.4 Å². The number of rotatable bonds is 7. The third-order valence-electron chi connectivity index (χ3n) is 3.02. The van der Waals surface area contributed by atoms with Crippen molar-refractivity contribution >= 4 is 11.5 Å². The molecule has 0 aliphatic heterocycles. The van der Waals surface area contributed by atoms with Gasteiger partial charge in [-0.25, -0.2) is 0 Å². The van der Waals surface area contributed by atoms with Crippen LogP contribution < -0.4 is 14.8 Å². The quantitative estimate of drug-likeness (QED) is 0.622. The third-order valence-corrected chi connectivity index (χ3v) is 3.02. The van der Waals surface area contributed by atoms with E-state index in [1.165, 1.54) is 6.08 Å². The third kappa shape index (κ3) is 4.38. The number of ketones is 1. The van der Waals surface area contributed by atoms with Crippen LogP contribution in [0.25, 0.3) is 0 Å². The van der Waals surface area contributed by atoms with E-state index in [1.54, 1.807) is 37.6 Å². The Morgan fingerprint density at radius 2 is 1.68 bits per heavy atom. The van der Waals surface area contributed by atoms with Crippen LogP contribution in [0.5, 0.6) is 11.5 Å². The van der Waals surface area contributed by atoms with Gasteiger partial charge in [-0.15, -0.1) is 0 Å². The van der Waals surface area contributed by atoms with Gasteiger partial charge in [-0.1, -0.05) is 0 Å². The molecule has 0 heterocycles. The van der Waals surface area contributed by atoms with E-state index in [0.717, 1.165) is 17.2 Å². The lowest BCUT2D eigenvalue weighted by atomic mass is 10.1. The van der Waals surface area contributed by atoms with Gasteiger partial charge in [0.2, 0.25) is 0 Å². The Kier molecular flexibility index (Phi) is 5.60. The number of nitrogens with one attached hydrogen (secondary N) is 1. The minimum Gasteiger partial charge on any atom is -0.497 e. The molecule has 2 aromatic rings. The van der Waals surface area contributed by atoms with Crippen LogP contribution in [0.1, 0.15) is 17.3 Å². The summed E-state index contributed by atoms with van der Waals surface area (Å²) < 4.78 is 10.4. The number of ether oxygens (including phenoxy) is 2. The summed E-state index contributed by atoms with van der Waals surface area (Å²) in [5.41, 5.74) is 1.51. The lowest BCUT2D eigenvalue weighted by molar-refractivity contribution is 0.104. The second-order valence-electron chi connectivity index (χ2n) is 4.53. The molecule has 0 aromatic heterocycles. The average molecular weight is 297 g/mol. The van der Waals surface area contributed by atoms with Gasteiger partial charge in [0.15, 0.2) is 5.78 Å². The standard InChI is InChI=1S/C18H19NO3/c1-3-22-17-8-4-14(5-9-17)18(20)12-13-19-15-6-10-16(21-2)11-7-15/h4-13,19H,3H2,1-2H3. The first-order valence-corrected chi connectivity index (χ1v) is 7.07. The summed E-state index contributed by atoms with van der Waals surface area (Å²) in [6.45, 7) is 2.53. The molecule has 1 N–H and O–H groups in total. The molecule has 0 unspecified atom stereocenters. The van der Waals surface area contributed by atoms with Crippen molar-refractivity contribution in [2.45, 2.75) is 6.92 Å². The lowest BCUT2D eigenvalue weighted by Gasteiger charge is -2.04. The van der Waals surface area contributed by atoms with Crippen LogP contribution in [-0.2, 0) is 0 Å². The molecular formula is C18H19NO3. The Labute approximate surface area is 130 Å². The molecule has 4 nitrogen and oxygen atoms in total. The topological polar surface area (TPSA) is 47.6 Å². The summed E-state index contributed by atoms with van der Waals surface area (Å²) in [4.78, 5) is 12.0. The first kappa shape index (κ1) is 15.6. The van der Waals surface area contributed by atoms with E-state index in [2.05, 4.69) is 5.32 Å². The van der Waals surface area contributed by atoms with E-state index in [1.807, 2.05) is 31.2 Å². The van der Waals surface area contributed by atoms with Crippen molar-refractivity contribution < 1.29 is 14.3 Å². The highest BCUT2D eigenvalue weighted by molar-refractivity contribution is 6.04. The molecule has 4 heteroatoms. The van der Waals surface area contributed by atoms with E-state index >= 15 is 0 Å². The molecule has 0 bridgehead atoms. The van der Waals surface area contributed by atoms with Gasteiger partial charge in [0, 0.05) is 23.5 Å². The molecule has 2 rings (SSSR count). The summed E-state index contributed by atoms with van der Waals surface area (Å²) in [6.07, 6.45) is 3.13. The van der Waals surface area contributed by atoms with Crippen molar-refractivity contribution in [2.75, 3.05) is 19.0 Å². The zero-order chi connectivity index (χ0) is 15.8. The number of carbonyl (C=O) groups excluding carboxylic acids is 1. The van der Waals surface area contributed by atoms with Gasteiger partial charge < -0.3 is 14.8 Å². The maximum absolute atomic E-state index is 12.0. The van der Waals surface area contributed by atoms with Crippen molar-refractivity contribution in [1.82, 2.24) is 0 Å². The fourth-order valence-corrected chi connectivity index (χ4v) is 1.88. The van der Waals surface area contributed by atoms with Crippen molar-refractivity contribution in [3.8, 4) is 11.5 Å². The number of hydrogen-bond acceptors (Lipinski definition) is 4. The molecular weight excluding hydrogens is 278 g/mol. The van der Waals surface area contributed by atoms with Gasteiger partial charge in [-0.05, 0) is 55.5 Å². The Bertz CT molecular complexity index is 630. The fraction of sp³-hybridized carbons (Fsp3) is 0.167. The highest BCUT2D eigenvalue weighted by Crippen LogP contribution is 2.15. The summed E-state index contributed by atoms with van der Waals surface area (Å²) in [6, 6.07) is 14.6. The lowest BCUT2D eigenvalue weighted by Crippen LogP contribution is -1.97. The summed E-state index contributed by atoms with van der Waals surface area (Å²) >= 11 is 0. The van der Waals surface area contributed by atoms with Crippen LogP contribution in [0.2, 0.25) is 0 Å². The van der Waals surface area contributed by atoms with E-state index < -0.39 is 0 Å². The summed E-state index contributed by atoms with van der Waals surface area (Å²) in [5.74, 6) is 1.49. The average Bonchev–Trinajstić information content (AvgIpc) is 2.56. The Hall–Kier alpha value is -2.75. The molecule has 0 atom stereocenters. The number of methoxy groups -OCH3 is 1. The van der Waals surface area contributed by atoms with E-state index in [-0.39, 0.29) is 5.78 Å². The highest BCUT2D eigenvalue weighted by Gasteiger charge is 2.01. The largest absolute Gasteiger partial charge is 0.497 e. The molecule has 0 saturated heterocycles. The van der Waals surface area contributed by atoms with Crippen LogP contribution in [0.3, 0.4) is 0 Å². The van der Waals surface area contributed by atoms with Crippen LogP contribution >= 0.6 is 0 Å². The summed E-state index contributed by atoms with van der Waals surface area (Å²) in [5, 5.41) is 3.05. The maximum atomic E-state index is 12.0. The van der Waals surface area contributed by atoms with Crippen molar-refractivity contribution in [2.24, 2.45) is 0 Å². The number of carbonyl (C=O) groups is 1. The Balaban J connectivity index is 1.92. The second-order valence-corrected chi connectivity index (χ2v) is 4.53.